The van der Waals surface area contributed by atoms with Crippen LogP contribution in [0.25, 0.3) is 0 Å². The number of amides is 1. The standard InChI is InChI=1S/C12H18F3NO/c1-8(2)7-16-11(17)9-4-3-5-10(6-9)12(13,14)15/h9-10H,1,3-7H2,2H3,(H,16,17). The predicted molar refractivity (Wildman–Crippen MR) is 59.3 cm³/mol. The van der Waals surface area contributed by atoms with E-state index < -0.39 is 18.0 Å². The fourth-order valence-corrected chi connectivity index (χ4v) is 2.11. The number of nitrogens with one attached hydrogen (secondary N) is 1. The SMILES string of the molecule is C=C(C)CNC(=O)C1CCCC(C(F)(F)F)C1. The Morgan fingerprint density at radius 2 is 2.06 bits per heavy atom. The molecule has 17 heavy (non-hydrogen) atoms. The van der Waals surface area contributed by atoms with Crippen LogP contribution in [0.4, 0.5) is 13.2 Å². The topological polar surface area (TPSA) is 29.1 Å². The van der Waals surface area contributed by atoms with E-state index in [-0.39, 0.29) is 18.7 Å². The van der Waals surface area contributed by atoms with E-state index in [1.165, 1.54) is 0 Å². The molecule has 5 heteroatoms. The molecule has 1 saturated carbocycles. The molecular formula is C12H18F3NO. The molecule has 0 bridgehead atoms. The minimum atomic E-state index is -4.17. The van der Waals surface area contributed by atoms with Gasteiger partial charge in [-0.2, -0.15) is 13.2 Å². The van der Waals surface area contributed by atoms with Gasteiger partial charge in [0.15, 0.2) is 0 Å². The van der Waals surface area contributed by atoms with Gasteiger partial charge in [-0.1, -0.05) is 18.6 Å². The van der Waals surface area contributed by atoms with Crippen molar-refractivity contribution >= 4 is 5.91 Å². The average molecular weight is 249 g/mol. The van der Waals surface area contributed by atoms with Crippen LogP contribution in [-0.4, -0.2) is 18.6 Å². The van der Waals surface area contributed by atoms with Crippen LogP contribution in [0.2, 0.25) is 0 Å². The number of halogens is 3. The van der Waals surface area contributed by atoms with Crippen molar-refractivity contribution < 1.29 is 18.0 Å². The number of hydrogen-bond donors (Lipinski definition) is 1. The Hall–Kier alpha value is -1.00. The van der Waals surface area contributed by atoms with Gasteiger partial charge in [0.25, 0.3) is 0 Å². The normalized spacial score (nSPS) is 25.4. The average Bonchev–Trinajstić information content (AvgIpc) is 2.25. The summed E-state index contributed by atoms with van der Waals surface area (Å²) in [6.45, 7) is 5.73. The third-order valence-electron chi connectivity index (χ3n) is 3.07. The summed E-state index contributed by atoms with van der Waals surface area (Å²) in [5, 5.41) is 2.62. The maximum Gasteiger partial charge on any atom is 0.391 e. The Morgan fingerprint density at radius 1 is 1.41 bits per heavy atom. The van der Waals surface area contributed by atoms with Gasteiger partial charge in [0.05, 0.1) is 5.92 Å². The minimum Gasteiger partial charge on any atom is -0.352 e. The molecule has 2 atom stereocenters. The second-order valence-corrected chi connectivity index (χ2v) is 4.78. The molecule has 0 aliphatic heterocycles. The van der Waals surface area contributed by atoms with Crippen molar-refractivity contribution in [2.24, 2.45) is 11.8 Å². The lowest BCUT2D eigenvalue weighted by molar-refractivity contribution is -0.186. The van der Waals surface area contributed by atoms with Gasteiger partial charge < -0.3 is 5.32 Å². The van der Waals surface area contributed by atoms with Crippen LogP contribution in [-0.2, 0) is 4.79 Å². The number of rotatable bonds is 3. The molecule has 0 aromatic rings. The Labute approximate surface area is 99.3 Å². The Balaban J connectivity index is 2.49. The molecule has 0 aromatic heterocycles. The fourth-order valence-electron chi connectivity index (χ4n) is 2.11. The monoisotopic (exact) mass is 249 g/mol. The van der Waals surface area contributed by atoms with Crippen LogP contribution in [0.5, 0.6) is 0 Å². The molecule has 1 rings (SSSR count). The molecule has 2 nitrogen and oxygen atoms in total. The molecule has 98 valence electrons. The summed E-state index contributed by atoms with van der Waals surface area (Å²) >= 11 is 0. The zero-order chi connectivity index (χ0) is 13.1. The molecule has 0 saturated heterocycles. The van der Waals surface area contributed by atoms with E-state index in [9.17, 15) is 18.0 Å². The maximum absolute atomic E-state index is 12.5. The molecule has 1 fully saturated rings. The molecule has 0 radical (unpaired) electrons. The number of alkyl halides is 3. The molecular weight excluding hydrogens is 231 g/mol. The zero-order valence-corrected chi connectivity index (χ0v) is 9.94. The van der Waals surface area contributed by atoms with E-state index in [1.807, 2.05) is 0 Å². The molecule has 2 unspecified atom stereocenters. The van der Waals surface area contributed by atoms with Crippen LogP contribution in [0.1, 0.15) is 32.6 Å². The smallest absolute Gasteiger partial charge is 0.352 e. The highest BCUT2D eigenvalue weighted by atomic mass is 19.4. The first-order valence-corrected chi connectivity index (χ1v) is 5.79. The second kappa shape index (κ2) is 5.56. The van der Waals surface area contributed by atoms with Gasteiger partial charge in [-0.3, -0.25) is 4.79 Å². The number of carbonyl (C=O) groups is 1. The van der Waals surface area contributed by atoms with Crippen molar-refractivity contribution in [3.8, 4) is 0 Å². The van der Waals surface area contributed by atoms with Crippen LogP contribution in [0.3, 0.4) is 0 Å². The molecule has 0 aromatic carbocycles. The van der Waals surface area contributed by atoms with E-state index in [0.717, 1.165) is 5.57 Å². The Bertz CT molecular complexity index is 299. The van der Waals surface area contributed by atoms with Crippen molar-refractivity contribution in [2.75, 3.05) is 6.54 Å². The van der Waals surface area contributed by atoms with Gasteiger partial charge >= 0.3 is 6.18 Å². The van der Waals surface area contributed by atoms with Crippen molar-refractivity contribution in [1.82, 2.24) is 5.32 Å². The third-order valence-corrected chi connectivity index (χ3v) is 3.07. The largest absolute Gasteiger partial charge is 0.391 e. The summed E-state index contributed by atoms with van der Waals surface area (Å²) in [7, 11) is 0. The summed E-state index contributed by atoms with van der Waals surface area (Å²) < 4.78 is 37.6. The lowest BCUT2D eigenvalue weighted by atomic mass is 9.80. The predicted octanol–water partition coefficient (Wildman–Crippen LogP) is 3.05. The first-order chi connectivity index (χ1) is 7.80. The van der Waals surface area contributed by atoms with Gasteiger partial charge in [0, 0.05) is 12.5 Å². The fraction of sp³-hybridized carbons (Fsp3) is 0.750. The first kappa shape index (κ1) is 14.1. The van der Waals surface area contributed by atoms with Crippen molar-refractivity contribution in [1.29, 1.82) is 0 Å². The van der Waals surface area contributed by atoms with Gasteiger partial charge in [-0.15, -0.1) is 0 Å². The molecule has 0 heterocycles. The van der Waals surface area contributed by atoms with Crippen molar-refractivity contribution in [3.05, 3.63) is 12.2 Å². The molecule has 1 amide bonds. The van der Waals surface area contributed by atoms with E-state index in [2.05, 4.69) is 11.9 Å². The van der Waals surface area contributed by atoms with E-state index in [0.29, 0.717) is 19.4 Å². The highest BCUT2D eigenvalue weighted by Crippen LogP contribution is 2.39. The Kier molecular flexibility index (Phi) is 4.60. The molecule has 1 aliphatic rings. The lowest BCUT2D eigenvalue weighted by Crippen LogP contribution is -2.37. The maximum atomic E-state index is 12.5. The summed E-state index contributed by atoms with van der Waals surface area (Å²) in [4.78, 5) is 11.7. The first-order valence-electron chi connectivity index (χ1n) is 5.79. The number of carbonyl (C=O) groups excluding carboxylic acids is 1. The molecule has 0 spiro atoms. The molecule has 1 N–H and O–H groups in total. The van der Waals surface area contributed by atoms with Crippen LogP contribution in [0.15, 0.2) is 12.2 Å². The second-order valence-electron chi connectivity index (χ2n) is 4.78. The summed E-state index contributed by atoms with van der Waals surface area (Å²) in [5.41, 5.74) is 0.793. The van der Waals surface area contributed by atoms with Gasteiger partial charge in [-0.05, 0) is 26.2 Å². The van der Waals surface area contributed by atoms with Gasteiger partial charge in [0.1, 0.15) is 0 Å². The zero-order valence-electron chi connectivity index (χ0n) is 9.94. The van der Waals surface area contributed by atoms with Crippen molar-refractivity contribution in [3.63, 3.8) is 0 Å². The number of hydrogen-bond acceptors (Lipinski definition) is 1. The molecule has 1 aliphatic carbocycles. The minimum absolute atomic E-state index is 0.0779. The van der Waals surface area contributed by atoms with E-state index in [1.54, 1.807) is 6.92 Å². The summed E-state index contributed by atoms with van der Waals surface area (Å²) in [5.74, 6) is -2.10. The third kappa shape index (κ3) is 4.40. The highest BCUT2D eigenvalue weighted by molar-refractivity contribution is 5.78. The Morgan fingerprint density at radius 3 is 2.59 bits per heavy atom. The lowest BCUT2D eigenvalue weighted by Gasteiger charge is -2.29. The quantitative estimate of drug-likeness (QED) is 0.765. The summed E-state index contributed by atoms with van der Waals surface area (Å²) in [6, 6.07) is 0. The highest BCUT2D eigenvalue weighted by Gasteiger charge is 2.43. The summed E-state index contributed by atoms with van der Waals surface area (Å²) in [6.07, 6.45) is -3.09. The van der Waals surface area contributed by atoms with Crippen LogP contribution >= 0.6 is 0 Å². The van der Waals surface area contributed by atoms with Gasteiger partial charge in [0.2, 0.25) is 5.91 Å². The van der Waals surface area contributed by atoms with Crippen LogP contribution < -0.4 is 5.32 Å². The van der Waals surface area contributed by atoms with Crippen molar-refractivity contribution in [2.45, 2.75) is 38.8 Å². The van der Waals surface area contributed by atoms with E-state index in [4.69, 9.17) is 0 Å². The van der Waals surface area contributed by atoms with Gasteiger partial charge in [-0.25, -0.2) is 0 Å². The van der Waals surface area contributed by atoms with E-state index >= 15 is 0 Å². The van der Waals surface area contributed by atoms with Crippen LogP contribution in [0, 0.1) is 11.8 Å².